The second-order valence-electron chi connectivity index (χ2n) is 9.30. The lowest BCUT2D eigenvalue weighted by Crippen LogP contribution is -2.48. The van der Waals surface area contributed by atoms with Crippen LogP contribution in [0, 0.1) is 0 Å². The van der Waals surface area contributed by atoms with Crippen LogP contribution in [0.3, 0.4) is 0 Å². The number of rotatable bonds is 7. The van der Waals surface area contributed by atoms with Crippen LogP contribution in [-0.4, -0.2) is 39.6 Å². The van der Waals surface area contributed by atoms with Crippen molar-refractivity contribution in [1.82, 2.24) is 20.3 Å². The first-order valence-electron chi connectivity index (χ1n) is 12.5. The molecule has 9 nitrogen and oxygen atoms in total. The minimum absolute atomic E-state index is 0.0759. The Morgan fingerprint density at radius 1 is 1.05 bits per heavy atom. The summed E-state index contributed by atoms with van der Waals surface area (Å²) in [6.07, 6.45) is 5.28. The molecule has 0 bridgehead atoms. The molecule has 2 aromatic heterocycles. The average Bonchev–Trinajstić information content (AvgIpc) is 3.69. The summed E-state index contributed by atoms with van der Waals surface area (Å²) in [6, 6.07) is 15.9. The van der Waals surface area contributed by atoms with E-state index in [-0.39, 0.29) is 31.2 Å². The van der Waals surface area contributed by atoms with E-state index < -0.39 is 6.04 Å². The van der Waals surface area contributed by atoms with Crippen molar-refractivity contribution in [3.63, 3.8) is 0 Å². The van der Waals surface area contributed by atoms with Crippen LogP contribution in [0.15, 0.2) is 60.0 Å². The maximum atomic E-state index is 14.1. The van der Waals surface area contributed by atoms with E-state index in [1.54, 1.807) is 27.8 Å². The molecule has 3 heterocycles. The molecule has 0 radical (unpaired) electrons. The highest BCUT2D eigenvalue weighted by Crippen LogP contribution is 2.39. The number of carbonyl (C=O) groups excluding carboxylic acids is 2. The van der Waals surface area contributed by atoms with Gasteiger partial charge in [-0.1, -0.05) is 42.7 Å². The number of fused-ring (bicyclic) bond motifs is 2. The quantitative estimate of drug-likeness (QED) is 0.389. The molecule has 0 saturated heterocycles. The summed E-state index contributed by atoms with van der Waals surface area (Å²) in [5.41, 5.74) is 2.01. The fourth-order valence-corrected chi connectivity index (χ4v) is 5.87. The van der Waals surface area contributed by atoms with E-state index in [4.69, 9.17) is 9.47 Å². The molecule has 37 heavy (non-hydrogen) atoms. The van der Waals surface area contributed by atoms with Crippen molar-refractivity contribution in [3.05, 3.63) is 64.9 Å². The van der Waals surface area contributed by atoms with Gasteiger partial charge in [-0.05, 0) is 48.6 Å². The van der Waals surface area contributed by atoms with Gasteiger partial charge >= 0.3 is 0 Å². The Morgan fingerprint density at radius 2 is 1.89 bits per heavy atom. The van der Waals surface area contributed by atoms with Gasteiger partial charge in [0.25, 0.3) is 0 Å². The van der Waals surface area contributed by atoms with Crippen molar-refractivity contribution in [2.75, 3.05) is 11.7 Å². The Labute approximate surface area is 218 Å². The van der Waals surface area contributed by atoms with Gasteiger partial charge in [0.15, 0.2) is 11.5 Å². The van der Waals surface area contributed by atoms with Gasteiger partial charge in [-0.25, -0.2) is 4.68 Å². The van der Waals surface area contributed by atoms with Crippen molar-refractivity contribution in [1.29, 1.82) is 0 Å². The molecule has 1 N–H and O–H groups in total. The van der Waals surface area contributed by atoms with Crippen LogP contribution in [0.25, 0.3) is 11.0 Å². The fraction of sp³-hybridized carbons (Fsp3) is 0.333. The van der Waals surface area contributed by atoms with E-state index in [1.165, 1.54) is 17.8 Å². The standard InChI is InChI=1S/C27H27N5O4S/c33-25(16-31-21-10-5-4-9-20(21)29-30-31)32(19-12-13-22-23(15-19)36-17-35-22)26(24-11-6-14-37-24)27(34)28-18-7-2-1-3-8-18/h4-6,9-15,18,26H,1-3,7-8,16-17H2,(H,28,34). The Kier molecular flexibility index (Phi) is 6.48. The first-order chi connectivity index (χ1) is 18.2. The number of anilines is 1. The molecule has 0 spiro atoms. The lowest BCUT2D eigenvalue weighted by Gasteiger charge is -2.32. The van der Waals surface area contributed by atoms with E-state index in [9.17, 15) is 9.59 Å². The van der Waals surface area contributed by atoms with Gasteiger partial charge in [-0.15, -0.1) is 16.4 Å². The normalized spacial score (nSPS) is 16.0. The highest BCUT2D eigenvalue weighted by Gasteiger charge is 2.36. The summed E-state index contributed by atoms with van der Waals surface area (Å²) in [4.78, 5) is 30.3. The number of thiophene rings is 1. The highest BCUT2D eigenvalue weighted by atomic mass is 32.1. The van der Waals surface area contributed by atoms with Gasteiger partial charge in [0.1, 0.15) is 18.1 Å². The number of amides is 2. The molecule has 6 rings (SSSR count). The van der Waals surface area contributed by atoms with Crippen molar-refractivity contribution >= 4 is 39.9 Å². The third-order valence-electron chi connectivity index (χ3n) is 6.88. The molecular weight excluding hydrogens is 490 g/mol. The van der Waals surface area contributed by atoms with Gasteiger partial charge in [0, 0.05) is 22.7 Å². The molecule has 2 amide bonds. The second kappa shape index (κ2) is 10.2. The van der Waals surface area contributed by atoms with Gasteiger partial charge in [-0.3, -0.25) is 14.5 Å². The number of aromatic nitrogens is 3. The predicted octanol–water partition coefficient (Wildman–Crippen LogP) is 4.44. The van der Waals surface area contributed by atoms with Gasteiger partial charge in [0.2, 0.25) is 18.6 Å². The van der Waals surface area contributed by atoms with Crippen LogP contribution in [0.5, 0.6) is 11.5 Å². The van der Waals surface area contributed by atoms with Crippen LogP contribution in [0.4, 0.5) is 5.69 Å². The van der Waals surface area contributed by atoms with Crippen molar-refractivity contribution in [3.8, 4) is 11.5 Å². The zero-order chi connectivity index (χ0) is 25.2. The summed E-state index contributed by atoms with van der Waals surface area (Å²) in [7, 11) is 0. The van der Waals surface area contributed by atoms with Gasteiger partial charge < -0.3 is 14.8 Å². The summed E-state index contributed by atoms with van der Waals surface area (Å²) in [6.45, 7) is 0.0434. The smallest absolute Gasteiger partial charge is 0.249 e. The number of carbonyl (C=O) groups is 2. The predicted molar refractivity (Wildman–Crippen MR) is 140 cm³/mol. The maximum Gasteiger partial charge on any atom is 0.249 e. The summed E-state index contributed by atoms with van der Waals surface area (Å²) < 4.78 is 12.7. The Balaban J connectivity index is 1.39. The average molecular weight is 518 g/mol. The molecule has 1 atom stereocenters. The summed E-state index contributed by atoms with van der Waals surface area (Å²) in [5.74, 6) is 0.674. The van der Waals surface area contributed by atoms with E-state index in [0.717, 1.165) is 36.1 Å². The monoisotopic (exact) mass is 517 g/mol. The second-order valence-corrected chi connectivity index (χ2v) is 10.3. The lowest BCUT2D eigenvalue weighted by molar-refractivity contribution is -0.127. The fourth-order valence-electron chi connectivity index (χ4n) is 5.06. The van der Waals surface area contributed by atoms with Crippen LogP contribution in [0.2, 0.25) is 0 Å². The molecule has 1 saturated carbocycles. The van der Waals surface area contributed by atoms with Gasteiger partial charge in [0.05, 0.1) is 5.52 Å². The zero-order valence-electron chi connectivity index (χ0n) is 20.2. The third-order valence-corrected chi connectivity index (χ3v) is 7.80. The lowest BCUT2D eigenvalue weighted by atomic mass is 9.95. The number of para-hydroxylation sites is 1. The van der Waals surface area contributed by atoms with Crippen molar-refractivity contribution < 1.29 is 19.1 Å². The molecule has 1 unspecified atom stereocenters. The molecule has 10 heteroatoms. The molecule has 1 aliphatic heterocycles. The number of benzene rings is 2. The topological polar surface area (TPSA) is 98.6 Å². The molecule has 1 aliphatic carbocycles. The highest BCUT2D eigenvalue weighted by molar-refractivity contribution is 7.10. The molecule has 1 fully saturated rings. The van der Waals surface area contributed by atoms with Crippen molar-refractivity contribution in [2.45, 2.75) is 50.7 Å². The largest absolute Gasteiger partial charge is 0.454 e. The van der Waals surface area contributed by atoms with Crippen LogP contribution in [0.1, 0.15) is 43.0 Å². The molecular formula is C27H27N5O4S. The minimum Gasteiger partial charge on any atom is -0.454 e. The SMILES string of the molecule is O=C(NC1CCCCC1)C(c1cccs1)N(C(=O)Cn1nnc2ccccc21)c1ccc2c(c1)OCO2. The number of hydrogen-bond acceptors (Lipinski definition) is 7. The maximum absolute atomic E-state index is 14.1. The third kappa shape index (κ3) is 4.76. The minimum atomic E-state index is -0.843. The van der Waals surface area contributed by atoms with E-state index in [2.05, 4.69) is 15.6 Å². The van der Waals surface area contributed by atoms with Crippen LogP contribution in [-0.2, 0) is 16.1 Å². The van der Waals surface area contributed by atoms with E-state index >= 15 is 0 Å². The summed E-state index contributed by atoms with van der Waals surface area (Å²) in [5, 5.41) is 13.5. The van der Waals surface area contributed by atoms with E-state index in [1.807, 2.05) is 41.8 Å². The number of nitrogens with zero attached hydrogens (tertiary/aromatic N) is 4. The first-order valence-corrected chi connectivity index (χ1v) is 13.4. The number of nitrogens with one attached hydrogen (secondary N) is 1. The van der Waals surface area contributed by atoms with Crippen LogP contribution >= 0.6 is 11.3 Å². The van der Waals surface area contributed by atoms with Gasteiger partial charge in [-0.2, -0.15) is 0 Å². The Bertz CT molecular complexity index is 1410. The molecule has 2 aromatic carbocycles. The first kappa shape index (κ1) is 23.5. The van der Waals surface area contributed by atoms with Crippen molar-refractivity contribution in [2.24, 2.45) is 0 Å². The molecule has 2 aliphatic rings. The number of hydrogen-bond donors (Lipinski definition) is 1. The van der Waals surface area contributed by atoms with Crippen LogP contribution < -0.4 is 19.7 Å². The molecule has 190 valence electrons. The Hall–Kier alpha value is -3.92. The van der Waals surface area contributed by atoms with E-state index in [0.29, 0.717) is 22.7 Å². The molecule has 4 aromatic rings. The zero-order valence-corrected chi connectivity index (χ0v) is 21.0. The summed E-state index contributed by atoms with van der Waals surface area (Å²) >= 11 is 1.45. The number of ether oxygens (including phenoxy) is 2. The Morgan fingerprint density at radius 3 is 2.73 bits per heavy atom.